The Labute approximate surface area is 185 Å². The molecular formula is C21H20F4N4O2S. The number of hydrogen-bond donors (Lipinski definition) is 1. The Morgan fingerprint density at radius 3 is 2.66 bits per heavy atom. The number of thiazole rings is 1. The average molecular weight is 468 g/mol. The lowest BCUT2D eigenvalue weighted by Gasteiger charge is -2.20. The average Bonchev–Trinajstić information content (AvgIpc) is 3.12. The van der Waals surface area contributed by atoms with Crippen molar-refractivity contribution >= 4 is 28.2 Å². The topological polar surface area (TPSA) is 81.3 Å². The van der Waals surface area contributed by atoms with Gasteiger partial charge in [-0.1, -0.05) is 31.1 Å². The molecule has 0 spiro atoms. The minimum absolute atomic E-state index is 0.0868. The number of hydrogen-bond acceptors (Lipinski definition) is 5. The molecule has 0 fully saturated rings. The van der Waals surface area contributed by atoms with Crippen molar-refractivity contribution in [2.75, 3.05) is 11.5 Å². The molecule has 2 heterocycles. The van der Waals surface area contributed by atoms with Gasteiger partial charge in [0.2, 0.25) is 10.3 Å². The summed E-state index contributed by atoms with van der Waals surface area (Å²) in [5, 5.41) is -0.940. The second-order valence-electron chi connectivity index (χ2n) is 6.77. The van der Waals surface area contributed by atoms with Gasteiger partial charge in [0, 0.05) is 18.0 Å². The van der Waals surface area contributed by atoms with Crippen LogP contribution in [-0.4, -0.2) is 22.6 Å². The molecule has 0 atom stereocenters. The summed E-state index contributed by atoms with van der Waals surface area (Å²) in [4.78, 5) is 20.8. The first kappa shape index (κ1) is 23.5. The quantitative estimate of drug-likeness (QED) is 0.318. The lowest BCUT2D eigenvalue weighted by molar-refractivity contribution is -0.138. The van der Waals surface area contributed by atoms with Crippen LogP contribution in [0.4, 0.5) is 33.2 Å². The Morgan fingerprint density at radius 1 is 1.25 bits per heavy atom. The molecule has 0 aliphatic carbocycles. The van der Waals surface area contributed by atoms with Crippen LogP contribution in [0.2, 0.25) is 0 Å². The first-order valence-corrected chi connectivity index (χ1v) is 10.5. The summed E-state index contributed by atoms with van der Waals surface area (Å²) in [5.74, 6) is -0.358. The smallest absolute Gasteiger partial charge is 0.420 e. The van der Waals surface area contributed by atoms with Gasteiger partial charge in [-0.2, -0.15) is 17.6 Å². The van der Waals surface area contributed by atoms with Crippen molar-refractivity contribution in [1.82, 2.24) is 9.97 Å². The molecule has 2 aromatic heterocycles. The maximum Gasteiger partial charge on any atom is 0.420 e. The number of carbonyl (C=O) groups excluding carboxylic acids is 1. The molecule has 0 saturated heterocycles. The number of nitrogens with zero attached hydrogens (tertiary/aromatic N) is 3. The summed E-state index contributed by atoms with van der Waals surface area (Å²) in [7, 11) is 0. The minimum atomic E-state index is -4.74. The molecule has 2 amide bonds. The lowest BCUT2D eigenvalue weighted by atomic mass is 10.1. The number of halogens is 4. The van der Waals surface area contributed by atoms with E-state index in [0.29, 0.717) is 23.3 Å². The van der Waals surface area contributed by atoms with E-state index in [4.69, 9.17) is 10.5 Å². The summed E-state index contributed by atoms with van der Waals surface area (Å²) >= 11 is 0.484. The van der Waals surface area contributed by atoms with E-state index in [9.17, 15) is 22.4 Å². The van der Waals surface area contributed by atoms with Crippen LogP contribution in [0, 0.1) is 5.13 Å². The van der Waals surface area contributed by atoms with Crippen LogP contribution in [0.1, 0.15) is 31.7 Å². The highest BCUT2D eigenvalue weighted by molar-refractivity contribution is 7.14. The van der Waals surface area contributed by atoms with Gasteiger partial charge < -0.3 is 10.5 Å². The van der Waals surface area contributed by atoms with Crippen molar-refractivity contribution in [3.63, 3.8) is 0 Å². The molecule has 0 aliphatic heterocycles. The van der Waals surface area contributed by atoms with Crippen LogP contribution < -0.4 is 15.4 Å². The van der Waals surface area contributed by atoms with Crippen LogP contribution in [-0.2, 0) is 6.18 Å². The molecule has 11 heteroatoms. The van der Waals surface area contributed by atoms with Gasteiger partial charge in [0.15, 0.2) is 0 Å². The number of rotatable bonds is 8. The number of urea groups is 1. The number of pyridine rings is 1. The van der Waals surface area contributed by atoms with Gasteiger partial charge in [0.1, 0.15) is 11.4 Å². The molecule has 170 valence electrons. The highest BCUT2D eigenvalue weighted by Gasteiger charge is 2.36. The summed E-state index contributed by atoms with van der Waals surface area (Å²) in [5.41, 5.74) is 4.40. The summed E-state index contributed by atoms with van der Waals surface area (Å²) < 4.78 is 60.8. The standard InChI is InChI=1S/C21H20F4N4O2S/c1-2-3-4-10-31-16-8-7-14(11-15(16)21(23,24)25)29(19(26)30)20-28-17(18(22)32-20)13-6-5-9-27-12-13/h5-9,11-12H,2-4,10H2,1H3,(H2,26,30). The maximum absolute atomic E-state index is 14.5. The van der Waals surface area contributed by atoms with Crippen molar-refractivity contribution in [1.29, 1.82) is 0 Å². The maximum atomic E-state index is 14.5. The van der Waals surface area contributed by atoms with E-state index in [0.717, 1.165) is 29.9 Å². The normalized spacial score (nSPS) is 11.4. The molecule has 0 bridgehead atoms. The van der Waals surface area contributed by atoms with Crippen LogP contribution >= 0.6 is 11.3 Å². The Hall–Kier alpha value is -3.21. The van der Waals surface area contributed by atoms with E-state index in [2.05, 4.69) is 9.97 Å². The fraction of sp³-hybridized carbons (Fsp3) is 0.286. The number of nitrogens with two attached hydrogens (primary N) is 1. The lowest BCUT2D eigenvalue weighted by Crippen LogP contribution is -2.31. The van der Waals surface area contributed by atoms with E-state index < -0.39 is 22.9 Å². The molecule has 32 heavy (non-hydrogen) atoms. The third-order valence-corrected chi connectivity index (χ3v) is 5.28. The zero-order valence-corrected chi connectivity index (χ0v) is 17.8. The number of amides is 2. The van der Waals surface area contributed by atoms with Gasteiger partial charge in [-0.25, -0.2) is 14.7 Å². The summed E-state index contributed by atoms with van der Waals surface area (Å²) in [6.07, 6.45) is 0.460. The first-order valence-electron chi connectivity index (χ1n) is 9.72. The summed E-state index contributed by atoms with van der Waals surface area (Å²) in [6, 6.07) is 5.14. The van der Waals surface area contributed by atoms with E-state index in [1.165, 1.54) is 18.5 Å². The molecular weight excluding hydrogens is 448 g/mol. The molecule has 0 aliphatic rings. The fourth-order valence-electron chi connectivity index (χ4n) is 2.94. The van der Waals surface area contributed by atoms with Gasteiger partial charge in [0.25, 0.3) is 0 Å². The second-order valence-corrected chi connectivity index (χ2v) is 7.70. The number of benzene rings is 1. The Kier molecular flexibility index (Phi) is 7.29. The zero-order valence-electron chi connectivity index (χ0n) is 17.0. The molecule has 3 rings (SSSR count). The number of alkyl halides is 3. The van der Waals surface area contributed by atoms with E-state index in [-0.39, 0.29) is 28.9 Å². The minimum Gasteiger partial charge on any atom is -0.493 e. The van der Waals surface area contributed by atoms with Crippen LogP contribution in [0.3, 0.4) is 0 Å². The molecule has 3 aromatic rings. The van der Waals surface area contributed by atoms with E-state index in [1.807, 2.05) is 6.92 Å². The molecule has 1 aromatic carbocycles. The third-order valence-electron chi connectivity index (χ3n) is 4.45. The number of carbonyl (C=O) groups is 1. The van der Waals surface area contributed by atoms with E-state index >= 15 is 0 Å². The van der Waals surface area contributed by atoms with E-state index in [1.54, 1.807) is 12.1 Å². The van der Waals surface area contributed by atoms with Crippen LogP contribution in [0.15, 0.2) is 42.7 Å². The van der Waals surface area contributed by atoms with Crippen molar-refractivity contribution in [2.24, 2.45) is 5.73 Å². The predicted octanol–water partition coefficient (Wildman–Crippen LogP) is 6.15. The molecule has 2 N–H and O–H groups in total. The van der Waals surface area contributed by atoms with Gasteiger partial charge >= 0.3 is 12.2 Å². The monoisotopic (exact) mass is 468 g/mol. The predicted molar refractivity (Wildman–Crippen MR) is 113 cm³/mol. The SMILES string of the molecule is CCCCCOc1ccc(N(C(N)=O)c2nc(-c3cccnc3)c(F)s2)cc1C(F)(F)F. The zero-order chi connectivity index (χ0) is 23.3. The second kappa shape index (κ2) is 9.94. The highest BCUT2D eigenvalue weighted by Crippen LogP contribution is 2.41. The number of aromatic nitrogens is 2. The van der Waals surface area contributed by atoms with Crippen LogP contribution in [0.5, 0.6) is 5.75 Å². The summed E-state index contributed by atoms with van der Waals surface area (Å²) in [6.45, 7) is 2.09. The number of ether oxygens (including phenoxy) is 1. The van der Waals surface area contributed by atoms with Crippen LogP contribution in [0.25, 0.3) is 11.3 Å². The third kappa shape index (κ3) is 5.34. The first-order chi connectivity index (χ1) is 15.2. The Balaban J connectivity index is 1.99. The molecule has 0 unspecified atom stereocenters. The van der Waals surface area contributed by atoms with Crippen molar-refractivity contribution in [3.8, 4) is 17.0 Å². The Morgan fingerprint density at radius 2 is 2.03 bits per heavy atom. The van der Waals surface area contributed by atoms with Gasteiger partial charge in [-0.15, -0.1) is 0 Å². The van der Waals surface area contributed by atoms with Gasteiger partial charge in [-0.05, 0) is 36.8 Å². The number of unbranched alkanes of at least 4 members (excludes halogenated alkanes) is 2. The Bertz CT molecular complexity index is 1070. The molecule has 0 radical (unpaired) electrons. The van der Waals surface area contributed by atoms with Gasteiger partial charge in [0.05, 0.1) is 17.9 Å². The molecule has 6 nitrogen and oxygen atoms in total. The fourth-order valence-corrected chi connectivity index (χ4v) is 3.78. The molecule has 0 saturated carbocycles. The highest BCUT2D eigenvalue weighted by atomic mass is 32.1. The largest absolute Gasteiger partial charge is 0.493 e. The van der Waals surface area contributed by atoms with Crippen molar-refractivity contribution in [3.05, 3.63) is 53.4 Å². The van der Waals surface area contributed by atoms with Crippen molar-refractivity contribution < 1.29 is 27.1 Å². The number of anilines is 2. The number of primary amides is 1. The van der Waals surface area contributed by atoms with Crippen molar-refractivity contribution in [2.45, 2.75) is 32.4 Å². The van der Waals surface area contributed by atoms with Gasteiger partial charge in [-0.3, -0.25) is 4.98 Å².